The minimum atomic E-state index is -0.565. The second-order valence-electron chi connectivity index (χ2n) is 10.2. The van der Waals surface area contributed by atoms with E-state index in [4.69, 9.17) is 18.9 Å². The van der Waals surface area contributed by atoms with Gasteiger partial charge in [0.1, 0.15) is 17.2 Å². The molecule has 0 aliphatic carbocycles. The Morgan fingerprint density at radius 3 is 2.24 bits per heavy atom. The van der Waals surface area contributed by atoms with Crippen LogP contribution < -0.4 is 34.9 Å². The maximum atomic E-state index is 13.6. The molecule has 0 unspecified atom stereocenters. The van der Waals surface area contributed by atoms with Crippen LogP contribution in [0, 0.1) is 0 Å². The van der Waals surface area contributed by atoms with Gasteiger partial charge in [0.05, 0.1) is 43.9 Å². The number of nitrogens with one attached hydrogen (secondary N) is 3. The summed E-state index contributed by atoms with van der Waals surface area (Å²) in [6.07, 6.45) is 1.50. The van der Waals surface area contributed by atoms with Crippen LogP contribution in [0.25, 0.3) is 16.3 Å². The minimum absolute atomic E-state index is 0.0292. The highest BCUT2D eigenvalue weighted by molar-refractivity contribution is 8.00. The van der Waals surface area contributed by atoms with E-state index in [-0.39, 0.29) is 17.4 Å². The average Bonchev–Trinajstić information content (AvgIpc) is 3.52. The molecule has 5 aromatic rings. The summed E-state index contributed by atoms with van der Waals surface area (Å²) in [5.41, 5.74) is 2.10. The molecule has 0 spiro atoms. The molecule has 0 saturated heterocycles. The Bertz CT molecular complexity index is 1980. The third-order valence-corrected chi connectivity index (χ3v) is 8.91. The van der Waals surface area contributed by atoms with Gasteiger partial charge in [-0.1, -0.05) is 29.5 Å². The Morgan fingerprint density at radius 1 is 0.837 bits per heavy atom. The predicted octanol–water partition coefficient (Wildman–Crippen LogP) is 6.86. The fraction of sp³-hybridized carbons (Fsp3) is 0.167. The van der Waals surface area contributed by atoms with Crippen molar-refractivity contribution in [1.29, 1.82) is 0 Å². The van der Waals surface area contributed by atoms with Crippen molar-refractivity contribution in [3.05, 3.63) is 102 Å². The van der Waals surface area contributed by atoms with Crippen LogP contribution in [0.3, 0.4) is 0 Å². The number of benzene rings is 4. The lowest BCUT2D eigenvalue weighted by atomic mass is 10.1. The molecule has 11 nitrogen and oxygen atoms in total. The van der Waals surface area contributed by atoms with Crippen LogP contribution in [-0.2, 0) is 9.59 Å². The second kappa shape index (κ2) is 16.5. The molecule has 3 N–H and O–H groups in total. The Kier molecular flexibility index (Phi) is 11.7. The normalized spacial score (nSPS) is 11.1. The summed E-state index contributed by atoms with van der Waals surface area (Å²) < 4.78 is 22.8. The molecule has 0 radical (unpaired) electrons. The Hall–Kier alpha value is -5.53. The molecule has 0 aliphatic rings. The number of carbonyl (C=O) groups is 3. The van der Waals surface area contributed by atoms with E-state index in [1.807, 2.05) is 25.1 Å². The molecule has 0 fully saturated rings. The van der Waals surface area contributed by atoms with Crippen molar-refractivity contribution in [2.45, 2.75) is 11.8 Å². The molecule has 13 heteroatoms. The first-order valence-electron chi connectivity index (χ1n) is 15.1. The van der Waals surface area contributed by atoms with Gasteiger partial charge in [-0.25, -0.2) is 4.98 Å². The number of anilines is 2. The van der Waals surface area contributed by atoms with E-state index in [9.17, 15) is 14.4 Å². The Morgan fingerprint density at radius 2 is 1.55 bits per heavy atom. The number of hydrogen-bond donors (Lipinski definition) is 3. The standard InChI is InChI=1S/C36H34N4O7S2/c1-5-47-25-13-16-27-32(19-25)49-36(39-27)40-33(41)21-48-26-14-11-24(12-15-26)37-35(43)28(38-34(42)22-9-7-6-8-10-22)17-23-18-30(45-3)31(46-4)20-29(23)44-2/h6-20H,5,21H2,1-4H3,(H,37,43)(H,38,42)(H,39,40,41)/b28-17-. The van der Waals surface area contributed by atoms with Gasteiger partial charge in [-0.15, -0.1) is 11.8 Å². The van der Waals surface area contributed by atoms with Crippen LogP contribution in [0.1, 0.15) is 22.8 Å². The monoisotopic (exact) mass is 698 g/mol. The summed E-state index contributed by atoms with van der Waals surface area (Å²) in [5, 5.41) is 8.93. The zero-order valence-electron chi connectivity index (χ0n) is 27.2. The highest BCUT2D eigenvalue weighted by Gasteiger charge is 2.18. The molecule has 49 heavy (non-hydrogen) atoms. The quantitative estimate of drug-likeness (QED) is 0.0839. The average molecular weight is 699 g/mol. The number of ether oxygens (including phenoxy) is 4. The highest BCUT2D eigenvalue weighted by Crippen LogP contribution is 2.36. The van der Waals surface area contributed by atoms with E-state index in [2.05, 4.69) is 20.9 Å². The van der Waals surface area contributed by atoms with Gasteiger partial charge in [0, 0.05) is 27.8 Å². The third-order valence-electron chi connectivity index (χ3n) is 6.96. The van der Waals surface area contributed by atoms with Crippen LogP contribution >= 0.6 is 23.1 Å². The molecule has 3 amide bonds. The first-order chi connectivity index (χ1) is 23.8. The summed E-state index contributed by atoms with van der Waals surface area (Å²) in [6, 6.07) is 24.5. The van der Waals surface area contributed by atoms with Crippen LogP contribution in [0.5, 0.6) is 23.0 Å². The van der Waals surface area contributed by atoms with Gasteiger partial charge < -0.3 is 34.9 Å². The summed E-state index contributed by atoms with van der Waals surface area (Å²) >= 11 is 2.73. The van der Waals surface area contributed by atoms with Gasteiger partial charge >= 0.3 is 0 Å². The summed E-state index contributed by atoms with van der Waals surface area (Å²) in [5.74, 6) is 0.965. The molecule has 0 saturated carbocycles. The largest absolute Gasteiger partial charge is 0.496 e. The van der Waals surface area contributed by atoms with Crippen molar-refractivity contribution in [2.75, 3.05) is 44.3 Å². The molecule has 5 rings (SSSR count). The molecule has 1 heterocycles. The van der Waals surface area contributed by atoms with Crippen molar-refractivity contribution < 1.29 is 33.3 Å². The molecule has 0 aliphatic heterocycles. The lowest BCUT2D eigenvalue weighted by Gasteiger charge is -2.15. The predicted molar refractivity (Wildman–Crippen MR) is 193 cm³/mol. The van der Waals surface area contributed by atoms with Crippen LogP contribution in [0.2, 0.25) is 0 Å². The van der Waals surface area contributed by atoms with E-state index >= 15 is 0 Å². The summed E-state index contributed by atoms with van der Waals surface area (Å²) in [6.45, 7) is 2.49. The molecule has 1 aromatic heterocycles. The van der Waals surface area contributed by atoms with Crippen molar-refractivity contribution in [3.63, 3.8) is 0 Å². The minimum Gasteiger partial charge on any atom is -0.496 e. The van der Waals surface area contributed by atoms with Crippen molar-refractivity contribution >= 4 is 67.9 Å². The number of thiazole rings is 1. The van der Waals surface area contributed by atoms with Gasteiger partial charge in [0.25, 0.3) is 11.8 Å². The number of carbonyl (C=O) groups excluding carboxylic acids is 3. The molecular weight excluding hydrogens is 665 g/mol. The number of thioether (sulfide) groups is 1. The van der Waals surface area contributed by atoms with E-state index in [0.29, 0.717) is 45.8 Å². The molecule has 0 bridgehead atoms. The van der Waals surface area contributed by atoms with E-state index in [1.165, 1.54) is 50.5 Å². The summed E-state index contributed by atoms with van der Waals surface area (Å²) in [7, 11) is 4.50. The first kappa shape index (κ1) is 34.8. The maximum Gasteiger partial charge on any atom is 0.272 e. The zero-order valence-corrected chi connectivity index (χ0v) is 28.8. The molecule has 252 valence electrons. The van der Waals surface area contributed by atoms with Crippen molar-refractivity contribution in [1.82, 2.24) is 10.3 Å². The number of hydrogen-bond acceptors (Lipinski definition) is 10. The number of fused-ring (bicyclic) bond motifs is 1. The molecule has 0 atom stereocenters. The lowest BCUT2D eigenvalue weighted by molar-refractivity contribution is -0.114. The zero-order chi connectivity index (χ0) is 34.8. The van der Waals surface area contributed by atoms with Gasteiger partial charge in [0.2, 0.25) is 5.91 Å². The van der Waals surface area contributed by atoms with Gasteiger partial charge in [-0.05, 0) is 73.7 Å². The fourth-order valence-corrected chi connectivity index (χ4v) is 6.22. The number of amides is 3. The third kappa shape index (κ3) is 9.09. The maximum absolute atomic E-state index is 13.6. The molecular formula is C36H34N4O7S2. The fourth-order valence-electron chi connectivity index (χ4n) is 4.62. The lowest BCUT2D eigenvalue weighted by Crippen LogP contribution is -2.30. The number of rotatable bonds is 14. The topological polar surface area (TPSA) is 137 Å². The SMILES string of the molecule is CCOc1ccc2nc(NC(=O)CSc3ccc(NC(=O)/C(=C/c4cc(OC)c(OC)cc4OC)NC(=O)c4ccccc4)cc3)sc2c1. The first-order valence-corrected chi connectivity index (χ1v) is 16.9. The smallest absolute Gasteiger partial charge is 0.272 e. The van der Waals surface area contributed by atoms with Crippen LogP contribution in [0.4, 0.5) is 10.8 Å². The van der Waals surface area contributed by atoms with Crippen LogP contribution in [-0.4, -0.2) is 56.4 Å². The van der Waals surface area contributed by atoms with Crippen molar-refractivity contribution in [3.8, 4) is 23.0 Å². The van der Waals surface area contributed by atoms with Crippen LogP contribution in [0.15, 0.2) is 95.5 Å². The van der Waals surface area contributed by atoms with Gasteiger partial charge in [0.15, 0.2) is 16.6 Å². The van der Waals surface area contributed by atoms with Gasteiger partial charge in [-0.2, -0.15) is 0 Å². The molecule has 4 aromatic carbocycles. The highest BCUT2D eigenvalue weighted by atomic mass is 32.2. The number of nitrogens with zero attached hydrogens (tertiary/aromatic N) is 1. The van der Waals surface area contributed by atoms with Gasteiger partial charge in [-0.3, -0.25) is 14.4 Å². The second-order valence-corrected chi connectivity index (χ2v) is 12.3. The van der Waals surface area contributed by atoms with E-state index in [0.717, 1.165) is 20.9 Å². The number of methoxy groups -OCH3 is 3. The van der Waals surface area contributed by atoms with E-state index < -0.39 is 11.8 Å². The number of aromatic nitrogens is 1. The van der Waals surface area contributed by atoms with Crippen molar-refractivity contribution in [2.24, 2.45) is 0 Å². The Balaban J connectivity index is 1.26. The Labute approximate surface area is 291 Å². The summed E-state index contributed by atoms with van der Waals surface area (Å²) in [4.78, 5) is 44.7. The van der Waals surface area contributed by atoms with E-state index in [1.54, 1.807) is 66.7 Å².